The van der Waals surface area contributed by atoms with E-state index in [1.807, 2.05) is 92.7 Å². The first kappa shape index (κ1) is 30.7. The number of carbonyl (C=O) groups excluding carboxylic acids is 1. The molecule has 9 heteroatoms. The largest absolute Gasteiger partial charge is 0.497 e. The number of fused-ring (bicyclic) bond motifs is 1. The molecule has 0 radical (unpaired) electrons. The Hall–Kier alpha value is -5.28. The smallest absolute Gasteiger partial charge is 0.262 e. The van der Waals surface area contributed by atoms with E-state index < -0.39 is 16.2 Å². The third-order valence-electron chi connectivity index (χ3n) is 7.92. The van der Waals surface area contributed by atoms with E-state index in [1.165, 1.54) is 6.07 Å². The highest BCUT2D eigenvalue weighted by molar-refractivity contribution is 7.92. The maximum Gasteiger partial charge on any atom is 0.262 e. The van der Waals surface area contributed by atoms with Gasteiger partial charge >= 0.3 is 0 Å². The van der Waals surface area contributed by atoms with Crippen molar-refractivity contribution in [2.75, 3.05) is 28.2 Å². The van der Waals surface area contributed by atoms with Gasteiger partial charge in [-0.1, -0.05) is 60.2 Å². The van der Waals surface area contributed by atoms with Gasteiger partial charge in [0.1, 0.15) is 17.7 Å². The summed E-state index contributed by atoms with van der Waals surface area (Å²) in [4.78, 5) is 18.5. The fourth-order valence-electron chi connectivity index (χ4n) is 5.64. The van der Waals surface area contributed by atoms with E-state index in [0.29, 0.717) is 41.7 Å². The number of rotatable bonds is 10. The normalized spacial score (nSPS) is 14.5. The number of amides is 1. The van der Waals surface area contributed by atoms with E-state index in [-0.39, 0.29) is 16.4 Å². The zero-order valence-corrected chi connectivity index (χ0v) is 26.7. The minimum atomic E-state index is -4.03. The third kappa shape index (κ3) is 6.27. The molecule has 8 nitrogen and oxygen atoms in total. The van der Waals surface area contributed by atoms with Gasteiger partial charge in [-0.3, -0.25) is 14.4 Å². The zero-order chi connectivity index (χ0) is 32.3. The minimum absolute atomic E-state index is 0.0140. The van der Waals surface area contributed by atoms with Gasteiger partial charge in [0.2, 0.25) is 0 Å². The molecule has 0 saturated carbocycles. The molecule has 1 atom stereocenters. The highest BCUT2D eigenvalue weighted by Gasteiger charge is 2.40. The van der Waals surface area contributed by atoms with Crippen LogP contribution in [0.1, 0.15) is 40.1 Å². The van der Waals surface area contributed by atoms with E-state index in [1.54, 1.807) is 48.4 Å². The maximum atomic E-state index is 14.6. The zero-order valence-electron chi connectivity index (χ0n) is 25.9. The first-order valence-electron chi connectivity index (χ1n) is 15.0. The van der Waals surface area contributed by atoms with Gasteiger partial charge in [0, 0.05) is 17.9 Å². The van der Waals surface area contributed by atoms with Crippen molar-refractivity contribution in [1.29, 1.82) is 0 Å². The Labute approximate surface area is 269 Å². The number of sulfonamides is 1. The van der Waals surface area contributed by atoms with Crippen LogP contribution in [-0.4, -0.2) is 28.0 Å². The quantitative estimate of drug-likeness (QED) is 0.171. The Kier molecular flexibility index (Phi) is 8.68. The predicted octanol–water partition coefficient (Wildman–Crippen LogP) is 7.57. The summed E-state index contributed by atoms with van der Waals surface area (Å²) in [5.74, 6) is 1.05. The predicted molar refractivity (Wildman–Crippen MR) is 181 cm³/mol. The number of hydrogen-bond acceptors (Lipinski definition) is 6. The molecule has 1 aliphatic rings. The summed E-state index contributed by atoms with van der Waals surface area (Å²) in [7, 11) is -2.41. The van der Waals surface area contributed by atoms with Crippen LogP contribution >= 0.6 is 0 Å². The Balaban J connectivity index is 1.48. The van der Waals surface area contributed by atoms with Gasteiger partial charge in [0.05, 0.1) is 29.9 Å². The second kappa shape index (κ2) is 13.0. The highest BCUT2D eigenvalue weighted by atomic mass is 32.2. The van der Waals surface area contributed by atoms with Crippen molar-refractivity contribution < 1.29 is 22.7 Å². The van der Waals surface area contributed by atoms with Gasteiger partial charge < -0.3 is 14.4 Å². The van der Waals surface area contributed by atoms with Crippen LogP contribution < -0.4 is 24.0 Å². The molecular formula is C37H35N3O5S. The molecule has 234 valence electrons. The molecule has 1 N–H and O–H groups in total. The van der Waals surface area contributed by atoms with Gasteiger partial charge in [-0.2, -0.15) is 0 Å². The molecule has 0 spiro atoms. The molecule has 1 aliphatic heterocycles. The maximum absolute atomic E-state index is 14.6. The van der Waals surface area contributed by atoms with Crippen LogP contribution in [0.15, 0.2) is 126 Å². The van der Waals surface area contributed by atoms with Crippen molar-refractivity contribution in [2.24, 2.45) is 0 Å². The van der Waals surface area contributed by atoms with Crippen molar-refractivity contribution in [3.8, 4) is 11.5 Å². The summed E-state index contributed by atoms with van der Waals surface area (Å²) < 4.78 is 40.8. The summed E-state index contributed by atoms with van der Waals surface area (Å²) >= 11 is 0. The highest BCUT2D eigenvalue weighted by Crippen LogP contribution is 2.43. The first-order chi connectivity index (χ1) is 22.3. The van der Waals surface area contributed by atoms with Gasteiger partial charge in [0.15, 0.2) is 0 Å². The fourth-order valence-corrected chi connectivity index (χ4v) is 6.72. The fraction of sp³-hybridized carbons (Fsp3) is 0.162. The molecule has 1 amide bonds. The van der Waals surface area contributed by atoms with Crippen LogP contribution in [0.3, 0.4) is 0 Å². The lowest BCUT2D eigenvalue weighted by Gasteiger charge is -2.46. The van der Waals surface area contributed by atoms with Gasteiger partial charge in [-0.25, -0.2) is 8.42 Å². The Morgan fingerprint density at radius 2 is 1.48 bits per heavy atom. The number of aryl methyl sites for hydroxylation is 1. The van der Waals surface area contributed by atoms with E-state index in [4.69, 9.17) is 9.47 Å². The molecule has 5 aromatic carbocycles. The van der Waals surface area contributed by atoms with Crippen LogP contribution in [0.5, 0.6) is 11.5 Å². The van der Waals surface area contributed by atoms with Gasteiger partial charge in [0.25, 0.3) is 15.9 Å². The standard InChI is InChI=1S/C37H35N3O5S/c1-4-45-32-20-14-29(15-21-32)38-46(42,43)33-22-23-35-34(24-33)37(41)40(30-16-10-26(2)11-17-30)36(28-12-18-31(44-3)19-13-28)39(35)25-27-8-6-5-7-9-27/h5-24,36,38H,4,25H2,1-3H3/t36-/m0/s1. The number of ether oxygens (including phenoxy) is 2. The van der Waals surface area contributed by atoms with E-state index in [9.17, 15) is 13.2 Å². The minimum Gasteiger partial charge on any atom is -0.497 e. The van der Waals surface area contributed by atoms with Crippen LogP contribution in [-0.2, 0) is 16.6 Å². The number of benzene rings is 5. The van der Waals surface area contributed by atoms with Crippen LogP contribution in [0.4, 0.5) is 17.1 Å². The molecule has 0 aliphatic carbocycles. The molecule has 0 bridgehead atoms. The molecule has 1 heterocycles. The lowest BCUT2D eigenvalue weighted by Crippen LogP contribution is -2.49. The molecule has 6 rings (SSSR count). The topological polar surface area (TPSA) is 88.2 Å². The molecule has 46 heavy (non-hydrogen) atoms. The number of methoxy groups -OCH3 is 1. The average molecular weight is 634 g/mol. The molecule has 0 unspecified atom stereocenters. The summed E-state index contributed by atoms with van der Waals surface area (Å²) in [6.07, 6.45) is -0.529. The lowest BCUT2D eigenvalue weighted by atomic mass is 9.98. The number of hydrogen-bond donors (Lipinski definition) is 1. The summed E-state index contributed by atoms with van der Waals surface area (Å²) in [5, 5.41) is 0. The average Bonchev–Trinajstić information content (AvgIpc) is 3.07. The van der Waals surface area contributed by atoms with Crippen molar-refractivity contribution in [3.05, 3.63) is 144 Å². The van der Waals surface area contributed by atoms with Crippen molar-refractivity contribution in [2.45, 2.75) is 31.5 Å². The molecule has 0 saturated heterocycles. The van der Waals surface area contributed by atoms with E-state index in [0.717, 1.165) is 16.7 Å². The second-order valence-corrected chi connectivity index (χ2v) is 12.7. The summed E-state index contributed by atoms with van der Waals surface area (Å²) in [5.41, 5.74) is 4.99. The van der Waals surface area contributed by atoms with Crippen LogP contribution in [0.25, 0.3) is 0 Å². The van der Waals surface area contributed by atoms with Crippen molar-refractivity contribution in [3.63, 3.8) is 0 Å². The molecule has 0 fully saturated rings. The first-order valence-corrected chi connectivity index (χ1v) is 16.5. The Morgan fingerprint density at radius 1 is 0.804 bits per heavy atom. The number of carbonyl (C=O) groups is 1. The van der Waals surface area contributed by atoms with Crippen LogP contribution in [0.2, 0.25) is 0 Å². The van der Waals surface area contributed by atoms with Gasteiger partial charge in [-0.05, 0) is 91.7 Å². The SMILES string of the molecule is CCOc1ccc(NS(=O)(=O)c2ccc3c(c2)C(=O)N(c2ccc(C)cc2)[C@@H](c2ccc(OC)cc2)N3Cc2ccccc2)cc1. The third-order valence-corrected chi connectivity index (χ3v) is 9.30. The molecule has 5 aromatic rings. The summed E-state index contributed by atoms with van der Waals surface area (Å²) in [6, 6.07) is 36.9. The number of anilines is 3. The Morgan fingerprint density at radius 3 is 2.13 bits per heavy atom. The van der Waals surface area contributed by atoms with Crippen LogP contribution in [0, 0.1) is 6.92 Å². The van der Waals surface area contributed by atoms with Gasteiger partial charge in [-0.15, -0.1) is 0 Å². The van der Waals surface area contributed by atoms with Crippen molar-refractivity contribution >= 4 is 33.0 Å². The monoisotopic (exact) mass is 633 g/mol. The number of nitrogens with zero attached hydrogens (tertiary/aromatic N) is 2. The number of nitrogens with one attached hydrogen (secondary N) is 1. The van der Waals surface area contributed by atoms with E-state index >= 15 is 0 Å². The molecule has 0 aromatic heterocycles. The molecular weight excluding hydrogens is 598 g/mol. The van der Waals surface area contributed by atoms with E-state index in [2.05, 4.69) is 9.62 Å². The van der Waals surface area contributed by atoms with Crippen molar-refractivity contribution in [1.82, 2.24) is 0 Å². The summed E-state index contributed by atoms with van der Waals surface area (Å²) in [6.45, 7) is 4.85. The lowest BCUT2D eigenvalue weighted by molar-refractivity contribution is 0.0968. The Bertz CT molecular complexity index is 1930. The second-order valence-electron chi connectivity index (χ2n) is 11.0.